The Balaban J connectivity index is 1.75. The van der Waals surface area contributed by atoms with Gasteiger partial charge in [-0.25, -0.2) is 4.79 Å². The van der Waals surface area contributed by atoms with Crippen molar-refractivity contribution in [2.24, 2.45) is 0 Å². The number of carbonyl (C=O) groups is 2. The van der Waals surface area contributed by atoms with Crippen molar-refractivity contribution in [2.75, 3.05) is 12.4 Å². The molecule has 0 fully saturated rings. The van der Waals surface area contributed by atoms with E-state index in [1.165, 1.54) is 7.11 Å². The minimum absolute atomic E-state index is 0.0981. The van der Waals surface area contributed by atoms with Crippen molar-refractivity contribution in [1.82, 2.24) is 0 Å². The van der Waals surface area contributed by atoms with Gasteiger partial charge in [0.2, 0.25) is 5.91 Å². The van der Waals surface area contributed by atoms with Gasteiger partial charge in [-0.3, -0.25) is 4.79 Å². The number of anilines is 1. The number of halogens is 2. The summed E-state index contributed by atoms with van der Waals surface area (Å²) in [6.45, 7) is 1.97. The summed E-state index contributed by atoms with van der Waals surface area (Å²) in [5.74, 6) is -0.486. The van der Waals surface area contributed by atoms with Crippen molar-refractivity contribution in [2.45, 2.75) is 19.8 Å². The van der Waals surface area contributed by atoms with Crippen LogP contribution < -0.4 is 5.32 Å². The number of hydrogen-bond donors (Lipinski definition) is 1. The smallest absolute Gasteiger partial charge is 0.337 e. The summed E-state index contributed by atoms with van der Waals surface area (Å²) < 4.78 is 4.74. The molecular weight excluding hydrogens is 421 g/mol. The molecule has 4 nitrogen and oxygen atoms in total. The Labute approximate surface area is 185 Å². The first-order chi connectivity index (χ1) is 14.4. The van der Waals surface area contributed by atoms with Gasteiger partial charge in [0, 0.05) is 17.7 Å². The fraction of sp³-hybridized carbons (Fsp3) is 0.167. The van der Waals surface area contributed by atoms with E-state index in [1.54, 1.807) is 24.3 Å². The highest BCUT2D eigenvalue weighted by Gasteiger charge is 2.11. The zero-order valence-corrected chi connectivity index (χ0v) is 18.2. The molecule has 30 heavy (non-hydrogen) atoms. The van der Waals surface area contributed by atoms with Crippen LogP contribution in [0.5, 0.6) is 0 Å². The number of aryl methyl sites for hydroxylation is 2. The zero-order valence-electron chi connectivity index (χ0n) is 16.7. The van der Waals surface area contributed by atoms with Crippen LogP contribution >= 0.6 is 23.2 Å². The van der Waals surface area contributed by atoms with Gasteiger partial charge in [-0.05, 0) is 60.4 Å². The third kappa shape index (κ3) is 5.41. The molecule has 3 aromatic rings. The van der Waals surface area contributed by atoms with Crippen molar-refractivity contribution in [1.29, 1.82) is 0 Å². The molecule has 3 aromatic carbocycles. The summed E-state index contributed by atoms with van der Waals surface area (Å²) in [5.41, 5.74) is 4.94. The molecule has 154 valence electrons. The van der Waals surface area contributed by atoms with E-state index in [4.69, 9.17) is 27.9 Å². The van der Waals surface area contributed by atoms with E-state index in [2.05, 4.69) is 5.32 Å². The number of methoxy groups -OCH3 is 1. The van der Waals surface area contributed by atoms with E-state index in [0.29, 0.717) is 28.5 Å². The molecule has 0 saturated carbocycles. The lowest BCUT2D eigenvalue weighted by molar-refractivity contribution is -0.116. The van der Waals surface area contributed by atoms with Crippen LogP contribution in [0.1, 0.15) is 27.9 Å². The average molecular weight is 442 g/mol. The summed E-state index contributed by atoms with van der Waals surface area (Å²) in [6.07, 6.45) is 0.865. The largest absolute Gasteiger partial charge is 0.465 e. The molecule has 0 saturated heterocycles. The van der Waals surface area contributed by atoms with Crippen LogP contribution in [0.3, 0.4) is 0 Å². The number of carbonyl (C=O) groups excluding carboxylic acids is 2. The van der Waals surface area contributed by atoms with Crippen molar-refractivity contribution >= 4 is 40.8 Å². The first kappa shape index (κ1) is 21.9. The Morgan fingerprint density at radius 3 is 2.33 bits per heavy atom. The van der Waals surface area contributed by atoms with Crippen LogP contribution in [0.4, 0.5) is 5.69 Å². The van der Waals surface area contributed by atoms with Crippen LogP contribution in [0.25, 0.3) is 11.1 Å². The predicted octanol–water partition coefficient (Wildman–Crippen LogP) is 6.33. The quantitative estimate of drug-likeness (QED) is 0.454. The summed E-state index contributed by atoms with van der Waals surface area (Å²) in [6, 6.07) is 18.3. The normalized spacial score (nSPS) is 10.5. The number of esters is 1. The predicted molar refractivity (Wildman–Crippen MR) is 121 cm³/mol. The van der Waals surface area contributed by atoms with Crippen molar-refractivity contribution in [3.63, 3.8) is 0 Å². The third-order valence-corrected chi connectivity index (χ3v) is 5.43. The molecule has 0 spiro atoms. The van der Waals surface area contributed by atoms with Crippen molar-refractivity contribution in [3.05, 3.63) is 87.4 Å². The molecular formula is C24H21Cl2NO3. The third-order valence-electron chi connectivity index (χ3n) is 4.69. The van der Waals surface area contributed by atoms with Gasteiger partial charge in [0.15, 0.2) is 0 Å². The Bertz CT molecular complexity index is 1080. The van der Waals surface area contributed by atoms with E-state index in [9.17, 15) is 9.59 Å². The first-order valence-corrected chi connectivity index (χ1v) is 10.2. The highest BCUT2D eigenvalue weighted by Crippen LogP contribution is 2.30. The zero-order chi connectivity index (χ0) is 21.7. The van der Waals surface area contributed by atoms with E-state index in [1.807, 2.05) is 43.3 Å². The Hall–Kier alpha value is -2.82. The molecule has 1 amide bonds. The van der Waals surface area contributed by atoms with Gasteiger partial charge in [-0.2, -0.15) is 0 Å². The molecule has 0 unspecified atom stereocenters. The minimum atomic E-state index is -0.388. The van der Waals surface area contributed by atoms with Gasteiger partial charge in [-0.1, -0.05) is 53.5 Å². The van der Waals surface area contributed by atoms with Crippen LogP contribution in [-0.4, -0.2) is 19.0 Å². The topological polar surface area (TPSA) is 55.4 Å². The van der Waals surface area contributed by atoms with Crippen LogP contribution in [0.2, 0.25) is 10.0 Å². The summed E-state index contributed by atoms with van der Waals surface area (Å²) in [5, 5.41) is 3.98. The highest BCUT2D eigenvalue weighted by molar-refractivity contribution is 6.42. The number of benzene rings is 3. The second-order valence-corrected chi connectivity index (χ2v) is 7.73. The van der Waals surface area contributed by atoms with Crippen LogP contribution in [-0.2, 0) is 16.0 Å². The summed E-state index contributed by atoms with van der Waals surface area (Å²) >= 11 is 12.0. The van der Waals surface area contributed by atoms with E-state index in [0.717, 1.165) is 27.9 Å². The van der Waals surface area contributed by atoms with E-state index < -0.39 is 0 Å². The molecule has 0 bridgehead atoms. The van der Waals surface area contributed by atoms with E-state index in [-0.39, 0.29) is 11.9 Å². The SMILES string of the molecule is COC(=O)c1ccc(-c2ccc(C)cc2NC(=O)CCc2ccc(Cl)c(Cl)c2)cc1. The molecule has 1 N–H and O–H groups in total. The number of hydrogen-bond acceptors (Lipinski definition) is 3. The molecule has 6 heteroatoms. The summed E-state index contributed by atoms with van der Waals surface area (Å²) in [7, 11) is 1.35. The van der Waals surface area contributed by atoms with Gasteiger partial charge in [0.05, 0.1) is 22.7 Å². The van der Waals surface area contributed by atoms with Crippen LogP contribution in [0.15, 0.2) is 60.7 Å². The number of amides is 1. The maximum atomic E-state index is 12.6. The second-order valence-electron chi connectivity index (χ2n) is 6.91. The highest BCUT2D eigenvalue weighted by atomic mass is 35.5. The molecule has 0 aliphatic carbocycles. The van der Waals surface area contributed by atoms with Gasteiger partial charge >= 0.3 is 5.97 Å². The standard InChI is InChI=1S/C24H21Cl2NO3/c1-15-3-10-19(17-6-8-18(9-7-17)24(29)30-2)22(13-15)27-23(28)12-5-16-4-11-20(25)21(26)14-16/h3-4,6-11,13-14H,5,12H2,1-2H3,(H,27,28). The fourth-order valence-electron chi connectivity index (χ4n) is 3.08. The lowest BCUT2D eigenvalue weighted by Gasteiger charge is -2.13. The molecule has 0 heterocycles. The van der Waals surface area contributed by atoms with Crippen molar-refractivity contribution < 1.29 is 14.3 Å². The van der Waals surface area contributed by atoms with Crippen molar-refractivity contribution in [3.8, 4) is 11.1 Å². The average Bonchev–Trinajstić information content (AvgIpc) is 2.74. The number of ether oxygens (including phenoxy) is 1. The first-order valence-electron chi connectivity index (χ1n) is 9.40. The Morgan fingerprint density at radius 1 is 0.933 bits per heavy atom. The molecule has 0 aromatic heterocycles. The molecule has 0 atom stereocenters. The lowest BCUT2D eigenvalue weighted by atomic mass is 10.00. The van der Waals surface area contributed by atoms with Gasteiger partial charge in [0.1, 0.15) is 0 Å². The molecule has 3 rings (SSSR count). The maximum Gasteiger partial charge on any atom is 0.337 e. The van der Waals surface area contributed by atoms with Gasteiger partial charge in [-0.15, -0.1) is 0 Å². The monoisotopic (exact) mass is 441 g/mol. The van der Waals surface area contributed by atoms with E-state index >= 15 is 0 Å². The Morgan fingerprint density at radius 2 is 1.67 bits per heavy atom. The number of rotatable bonds is 6. The fourth-order valence-corrected chi connectivity index (χ4v) is 3.40. The minimum Gasteiger partial charge on any atom is -0.465 e. The maximum absolute atomic E-state index is 12.6. The van der Waals surface area contributed by atoms with Gasteiger partial charge in [0.25, 0.3) is 0 Å². The second kappa shape index (κ2) is 9.79. The lowest BCUT2D eigenvalue weighted by Crippen LogP contribution is -2.13. The molecule has 0 radical (unpaired) electrons. The Kier molecular flexibility index (Phi) is 7.14. The molecule has 0 aliphatic rings. The number of nitrogens with one attached hydrogen (secondary N) is 1. The van der Waals surface area contributed by atoms with Gasteiger partial charge < -0.3 is 10.1 Å². The molecule has 0 aliphatic heterocycles. The summed E-state index contributed by atoms with van der Waals surface area (Å²) in [4.78, 5) is 24.2. The van der Waals surface area contributed by atoms with Crippen LogP contribution in [0, 0.1) is 6.92 Å².